The van der Waals surface area contributed by atoms with Gasteiger partial charge in [-0.1, -0.05) is 25.1 Å². The number of amides is 1. The first-order valence-electron chi connectivity index (χ1n) is 8.69. The number of carbonyl (C=O) groups excluding carboxylic acids is 2. The predicted molar refractivity (Wildman–Crippen MR) is 97.9 cm³/mol. The van der Waals surface area contributed by atoms with Gasteiger partial charge >= 0.3 is 5.97 Å². The molecule has 1 amide bonds. The van der Waals surface area contributed by atoms with Crippen LogP contribution in [0.25, 0.3) is 0 Å². The normalized spacial score (nSPS) is 14.1. The van der Waals surface area contributed by atoms with Crippen molar-refractivity contribution in [1.82, 2.24) is 0 Å². The Bertz CT molecular complexity index is 807. The molecule has 7 heteroatoms. The summed E-state index contributed by atoms with van der Waals surface area (Å²) in [6.45, 7) is 3.47. The Kier molecular flexibility index (Phi) is 5.80. The van der Waals surface area contributed by atoms with Gasteiger partial charge in [-0.15, -0.1) is 0 Å². The van der Waals surface area contributed by atoms with E-state index >= 15 is 0 Å². The van der Waals surface area contributed by atoms with E-state index in [9.17, 15) is 9.59 Å². The first kappa shape index (κ1) is 18.6. The molecule has 0 aromatic heterocycles. The van der Waals surface area contributed by atoms with Crippen LogP contribution in [0.1, 0.15) is 20.3 Å². The van der Waals surface area contributed by atoms with Gasteiger partial charge in [0.05, 0.1) is 0 Å². The van der Waals surface area contributed by atoms with Crippen LogP contribution in [-0.2, 0) is 14.3 Å². The summed E-state index contributed by atoms with van der Waals surface area (Å²) in [4.78, 5) is 24.7. The fourth-order valence-corrected chi connectivity index (χ4v) is 2.48. The second-order valence-corrected chi connectivity index (χ2v) is 5.96. The van der Waals surface area contributed by atoms with Crippen LogP contribution in [0, 0.1) is 0 Å². The Morgan fingerprint density at radius 1 is 1.11 bits per heavy atom. The molecule has 2 atom stereocenters. The van der Waals surface area contributed by atoms with Crippen LogP contribution < -0.4 is 19.5 Å². The maximum atomic E-state index is 12.3. The predicted octanol–water partition coefficient (Wildman–Crippen LogP) is 3.14. The van der Waals surface area contributed by atoms with E-state index in [0.717, 1.165) is 0 Å². The molecule has 0 fully saturated rings. The number of carbonyl (C=O) groups is 2. The molecule has 3 rings (SSSR count). The zero-order valence-electron chi connectivity index (χ0n) is 15.1. The van der Waals surface area contributed by atoms with Gasteiger partial charge in [0.15, 0.2) is 23.7 Å². The molecule has 2 aromatic rings. The van der Waals surface area contributed by atoms with Crippen molar-refractivity contribution in [3.05, 3.63) is 48.5 Å². The Morgan fingerprint density at radius 2 is 1.85 bits per heavy atom. The zero-order chi connectivity index (χ0) is 19.2. The largest absolute Gasteiger partial charge is 0.479 e. The molecule has 1 N–H and O–H groups in total. The van der Waals surface area contributed by atoms with Gasteiger partial charge < -0.3 is 24.3 Å². The maximum Gasteiger partial charge on any atom is 0.348 e. The summed E-state index contributed by atoms with van der Waals surface area (Å²) in [6.07, 6.45) is -1.34. The molecule has 1 heterocycles. The van der Waals surface area contributed by atoms with E-state index in [1.807, 2.05) is 25.1 Å². The summed E-state index contributed by atoms with van der Waals surface area (Å²) in [5, 5.41) is 2.69. The van der Waals surface area contributed by atoms with Crippen molar-refractivity contribution < 1.29 is 28.5 Å². The van der Waals surface area contributed by atoms with Crippen molar-refractivity contribution in [2.45, 2.75) is 32.5 Å². The van der Waals surface area contributed by atoms with Gasteiger partial charge in [0, 0.05) is 11.8 Å². The highest BCUT2D eigenvalue weighted by Crippen LogP contribution is 2.34. The van der Waals surface area contributed by atoms with Crippen LogP contribution in [0.2, 0.25) is 0 Å². The lowest BCUT2D eigenvalue weighted by Crippen LogP contribution is -2.36. The zero-order valence-corrected chi connectivity index (χ0v) is 15.1. The van der Waals surface area contributed by atoms with E-state index in [2.05, 4.69) is 5.32 Å². The number of fused-ring (bicyclic) bond motifs is 1. The molecule has 0 bridgehead atoms. The molecule has 1 aliphatic heterocycles. The van der Waals surface area contributed by atoms with Gasteiger partial charge in [0.25, 0.3) is 5.91 Å². The molecule has 0 radical (unpaired) electrons. The van der Waals surface area contributed by atoms with Crippen molar-refractivity contribution in [3.63, 3.8) is 0 Å². The molecule has 0 unspecified atom stereocenters. The third kappa shape index (κ3) is 4.69. The van der Waals surface area contributed by atoms with Crippen LogP contribution >= 0.6 is 0 Å². The van der Waals surface area contributed by atoms with Gasteiger partial charge in [-0.3, -0.25) is 4.79 Å². The van der Waals surface area contributed by atoms with Gasteiger partial charge in [-0.25, -0.2) is 4.79 Å². The molecular formula is C20H21NO6. The van der Waals surface area contributed by atoms with Crippen LogP contribution in [0.15, 0.2) is 48.5 Å². The summed E-state index contributed by atoms with van der Waals surface area (Å²) in [6, 6.07) is 14.0. The first-order chi connectivity index (χ1) is 13.1. The quantitative estimate of drug-likeness (QED) is 0.753. The number of hydrogen-bond acceptors (Lipinski definition) is 6. The van der Waals surface area contributed by atoms with E-state index in [1.165, 1.54) is 6.92 Å². The van der Waals surface area contributed by atoms with Gasteiger partial charge in [-0.2, -0.15) is 0 Å². The number of anilines is 1. The number of hydrogen-bond donors (Lipinski definition) is 1. The fourth-order valence-electron chi connectivity index (χ4n) is 2.48. The van der Waals surface area contributed by atoms with Gasteiger partial charge in [0.1, 0.15) is 5.75 Å². The minimum absolute atomic E-state index is 0.153. The second-order valence-electron chi connectivity index (χ2n) is 5.96. The summed E-state index contributed by atoms with van der Waals surface area (Å²) in [7, 11) is 0. The van der Waals surface area contributed by atoms with E-state index in [1.54, 1.807) is 30.3 Å². The number of esters is 1. The van der Waals surface area contributed by atoms with Crippen LogP contribution in [0.4, 0.5) is 5.69 Å². The topological polar surface area (TPSA) is 83.1 Å². The summed E-state index contributed by atoms with van der Waals surface area (Å²) < 4.78 is 21.4. The monoisotopic (exact) mass is 371 g/mol. The van der Waals surface area contributed by atoms with Crippen molar-refractivity contribution in [2.75, 3.05) is 12.1 Å². The fraction of sp³-hybridized carbons (Fsp3) is 0.300. The maximum absolute atomic E-state index is 12.3. The number of benzene rings is 2. The summed E-state index contributed by atoms with van der Waals surface area (Å²) in [5.41, 5.74) is 0.528. The van der Waals surface area contributed by atoms with Crippen LogP contribution in [-0.4, -0.2) is 30.9 Å². The number of ether oxygens (including phenoxy) is 4. The van der Waals surface area contributed by atoms with Crippen molar-refractivity contribution in [2.24, 2.45) is 0 Å². The average molecular weight is 371 g/mol. The van der Waals surface area contributed by atoms with Gasteiger partial charge in [0.2, 0.25) is 6.79 Å². The SMILES string of the molecule is CC[C@H](Oc1ccccc1)C(=O)O[C@H](C)C(=O)Nc1ccc2c(c1)OCO2. The first-order valence-corrected chi connectivity index (χ1v) is 8.69. The molecular weight excluding hydrogens is 350 g/mol. The molecule has 0 spiro atoms. The Hall–Kier alpha value is -3.22. The van der Waals surface area contributed by atoms with Crippen LogP contribution in [0.3, 0.4) is 0 Å². The molecule has 2 aromatic carbocycles. The average Bonchev–Trinajstić information content (AvgIpc) is 3.14. The Labute approximate surface area is 157 Å². The lowest BCUT2D eigenvalue weighted by Gasteiger charge is -2.19. The van der Waals surface area contributed by atoms with E-state index in [0.29, 0.717) is 29.4 Å². The Morgan fingerprint density at radius 3 is 2.59 bits per heavy atom. The molecule has 1 aliphatic rings. The number of para-hydroxylation sites is 1. The Balaban J connectivity index is 1.55. The minimum atomic E-state index is -0.976. The van der Waals surface area contributed by atoms with Crippen molar-refractivity contribution >= 4 is 17.6 Å². The highest BCUT2D eigenvalue weighted by Gasteiger charge is 2.25. The molecule has 0 saturated carbocycles. The lowest BCUT2D eigenvalue weighted by atomic mass is 10.2. The minimum Gasteiger partial charge on any atom is -0.479 e. The molecule has 0 saturated heterocycles. The van der Waals surface area contributed by atoms with E-state index < -0.39 is 24.1 Å². The molecule has 7 nitrogen and oxygen atoms in total. The number of rotatable bonds is 7. The number of nitrogens with one attached hydrogen (secondary N) is 1. The summed E-state index contributed by atoms with van der Waals surface area (Å²) >= 11 is 0. The third-order valence-electron chi connectivity index (χ3n) is 3.96. The highest BCUT2D eigenvalue weighted by atomic mass is 16.7. The van der Waals surface area contributed by atoms with E-state index in [4.69, 9.17) is 18.9 Å². The molecule has 142 valence electrons. The van der Waals surface area contributed by atoms with Gasteiger partial charge in [-0.05, 0) is 37.6 Å². The third-order valence-corrected chi connectivity index (χ3v) is 3.96. The lowest BCUT2D eigenvalue weighted by molar-refractivity contribution is -0.160. The molecule has 0 aliphatic carbocycles. The van der Waals surface area contributed by atoms with Crippen molar-refractivity contribution in [1.29, 1.82) is 0 Å². The second kappa shape index (κ2) is 8.44. The standard InChI is InChI=1S/C20H21NO6/c1-3-16(27-15-7-5-4-6-8-15)20(23)26-13(2)19(22)21-14-9-10-17-18(11-14)25-12-24-17/h4-11,13,16H,3,12H2,1-2H3,(H,21,22)/t13-,16+/m1/s1. The summed E-state index contributed by atoms with van der Waals surface area (Å²) in [5.74, 6) is 0.710. The van der Waals surface area contributed by atoms with Crippen LogP contribution in [0.5, 0.6) is 17.2 Å². The van der Waals surface area contributed by atoms with Crippen molar-refractivity contribution in [3.8, 4) is 17.2 Å². The smallest absolute Gasteiger partial charge is 0.348 e. The molecule has 27 heavy (non-hydrogen) atoms. The highest BCUT2D eigenvalue weighted by molar-refractivity contribution is 5.95. The van der Waals surface area contributed by atoms with E-state index in [-0.39, 0.29) is 6.79 Å².